The summed E-state index contributed by atoms with van der Waals surface area (Å²) in [6, 6.07) is 20.1. The number of carboxylic acids is 1. The highest BCUT2D eigenvalue weighted by Gasteiger charge is 2.33. The van der Waals surface area contributed by atoms with Crippen LogP contribution in [-0.4, -0.2) is 42.9 Å². The number of aliphatic carboxylic acids is 1. The van der Waals surface area contributed by atoms with Gasteiger partial charge in [0.05, 0.1) is 28.9 Å². The second-order valence-electron chi connectivity index (χ2n) is 12.1. The highest BCUT2D eigenvalue weighted by molar-refractivity contribution is 6.04. The number of nitrogens with zero attached hydrogens (tertiary/aromatic N) is 4. The zero-order chi connectivity index (χ0) is 30.6. The Morgan fingerprint density at radius 2 is 1.84 bits per heavy atom. The summed E-state index contributed by atoms with van der Waals surface area (Å²) in [7, 11) is 0. The molecule has 0 saturated carbocycles. The van der Waals surface area contributed by atoms with Gasteiger partial charge in [0.2, 0.25) is 0 Å². The van der Waals surface area contributed by atoms with Crippen molar-refractivity contribution >= 4 is 22.4 Å². The molecular weight excluding hydrogens is 552 g/mol. The Balaban J connectivity index is 1.52. The van der Waals surface area contributed by atoms with Crippen LogP contribution in [0.5, 0.6) is 5.75 Å². The second-order valence-corrected chi connectivity index (χ2v) is 12.1. The van der Waals surface area contributed by atoms with E-state index in [1.807, 2.05) is 105 Å². The van der Waals surface area contributed by atoms with Crippen LogP contribution in [0.4, 0.5) is 0 Å². The highest BCUT2D eigenvalue weighted by Crippen LogP contribution is 2.44. The van der Waals surface area contributed by atoms with E-state index >= 15 is 0 Å². The largest absolute Gasteiger partial charge is 0.493 e. The van der Waals surface area contributed by atoms with E-state index in [4.69, 9.17) is 19.6 Å². The maximum absolute atomic E-state index is 12.9. The molecular formula is C36H32N4O4. The molecule has 0 bridgehead atoms. The number of hydrogen-bond acceptors (Lipinski definition) is 6. The van der Waals surface area contributed by atoms with Crippen LogP contribution in [0.25, 0.3) is 49.9 Å². The lowest BCUT2D eigenvalue weighted by Gasteiger charge is -2.28. The van der Waals surface area contributed by atoms with Crippen molar-refractivity contribution in [2.75, 3.05) is 6.61 Å². The first-order chi connectivity index (χ1) is 21.2. The summed E-state index contributed by atoms with van der Waals surface area (Å²) >= 11 is 0. The fraction of sp³-hybridized carbons (Fsp3) is 0.222. The van der Waals surface area contributed by atoms with Gasteiger partial charge in [-0.05, 0) is 80.8 Å². The van der Waals surface area contributed by atoms with Crippen molar-refractivity contribution in [2.45, 2.75) is 45.8 Å². The number of aromatic nitrogens is 4. The SMILES string of the molecule is Cc1cn2nc(-c3cccc(-c4cccnc4)c3)cc2c(-c2ccc3c4c(ccnc24)CCO3)c1C(OC(C)(C)C)C(=O)O. The number of benzene rings is 2. The standard InChI is InChI=1S/C36H32N4O4/c1-21-20-40-28(18-27(39-40)24-8-5-7-23(17-24)25-9-6-14-37-19-25)32(30(21)34(35(41)42)44-36(2,3)4)26-10-11-29-31-22(13-16-43-29)12-15-38-33(26)31/h5-12,14-15,17-20,34H,13,16H2,1-4H3,(H,41,42). The van der Waals surface area contributed by atoms with Crippen molar-refractivity contribution in [1.82, 2.24) is 19.6 Å². The van der Waals surface area contributed by atoms with E-state index < -0.39 is 17.7 Å². The third-order valence-corrected chi connectivity index (χ3v) is 7.95. The molecule has 1 aliphatic rings. The summed E-state index contributed by atoms with van der Waals surface area (Å²) in [5.74, 6) is -0.276. The van der Waals surface area contributed by atoms with Crippen molar-refractivity contribution in [2.24, 2.45) is 0 Å². The van der Waals surface area contributed by atoms with Gasteiger partial charge < -0.3 is 14.6 Å². The summed E-state index contributed by atoms with van der Waals surface area (Å²) in [6.07, 6.45) is 6.85. The summed E-state index contributed by atoms with van der Waals surface area (Å²) in [6.45, 7) is 8.11. The number of aryl methyl sites for hydroxylation is 1. The van der Waals surface area contributed by atoms with Crippen molar-refractivity contribution in [3.63, 3.8) is 0 Å². The first-order valence-corrected chi connectivity index (χ1v) is 14.7. The molecule has 5 heterocycles. The molecule has 4 aromatic heterocycles. The maximum Gasteiger partial charge on any atom is 0.337 e. The Morgan fingerprint density at radius 3 is 2.61 bits per heavy atom. The van der Waals surface area contributed by atoms with Gasteiger partial charge in [-0.1, -0.05) is 24.3 Å². The van der Waals surface area contributed by atoms with Gasteiger partial charge >= 0.3 is 5.97 Å². The molecule has 2 aromatic carbocycles. The van der Waals surface area contributed by atoms with Crippen molar-refractivity contribution in [3.8, 4) is 39.3 Å². The van der Waals surface area contributed by atoms with Gasteiger partial charge in [0, 0.05) is 64.4 Å². The number of hydrogen-bond donors (Lipinski definition) is 1. The third kappa shape index (κ3) is 4.87. The predicted molar refractivity (Wildman–Crippen MR) is 170 cm³/mol. The maximum atomic E-state index is 12.9. The van der Waals surface area contributed by atoms with Gasteiger partial charge in [0.1, 0.15) is 5.75 Å². The molecule has 6 aromatic rings. The zero-order valence-corrected chi connectivity index (χ0v) is 25.0. The molecule has 7 rings (SSSR count). The average molecular weight is 585 g/mol. The molecule has 0 spiro atoms. The average Bonchev–Trinajstić information content (AvgIpc) is 3.44. The van der Waals surface area contributed by atoms with E-state index in [0.717, 1.165) is 73.2 Å². The zero-order valence-electron chi connectivity index (χ0n) is 25.0. The Bertz CT molecular complexity index is 2050. The Kier molecular flexibility index (Phi) is 6.66. The normalized spacial score (nSPS) is 13.6. The fourth-order valence-corrected chi connectivity index (χ4v) is 6.11. The molecule has 0 aliphatic carbocycles. The molecule has 0 saturated heterocycles. The van der Waals surface area contributed by atoms with Crippen molar-refractivity contribution in [3.05, 3.63) is 102 Å². The van der Waals surface area contributed by atoms with E-state index in [-0.39, 0.29) is 0 Å². The van der Waals surface area contributed by atoms with Crippen molar-refractivity contribution < 1.29 is 19.4 Å². The minimum atomic E-state index is -1.22. The lowest BCUT2D eigenvalue weighted by atomic mass is 9.89. The minimum absolute atomic E-state index is 0.578. The summed E-state index contributed by atoms with van der Waals surface area (Å²) in [5, 5.41) is 16.5. The molecule has 8 heteroatoms. The number of carbonyl (C=O) groups is 1. The Morgan fingerprint density at radius 1 is 1.02 bits per heavy atom. The van der Waals surface area contributed by atoms with Gasteiger partial charge in [-0.15, -0.1) is 0 Å². The lowest BCUT2D eigenvalue weighted by molar-refractivity contribution is -0.160. The van der Waals surface area contributed by atoms with Crippen LogP contribution in [0, 0.1) is 6.92 Å². The van der Waals surface area contributed by atoms with E-state index in [1.165, 1.54) is 0 Å². The molecule has 1 atom stereocenters. The quantitative estimate of drug-likeness (QED) is 0.217. The summed E-state index contributed by atoms with van der Waals surface area (Å²) in [5.41, 5.74) is 8.57. The molecule has 220 valence electrons. The number of fused-ring (bicyclic) bond motifs is 1. The van der Waals surface area contributed by atoms with Crippen molar-refractivity contribution in [1.29, 1.82) is 0 Å². The van der Waals surface area contributed by atoms with Crippen LogP contribution in [0.15, 0.2) is 85.5 Å². The van der Waals surface area contributed by atoms with Gasteiger partial charge in [-0.2, -0.15) is 5.10 Å². The first-order valence-electron chi connectivity index (χ1n) is 14.7. The fourth-order valence-electron chi connectivity index (χ4n) is 6.11. The Hall–Kier alpha value is -5.08. The van der Waals surface area contributed by atoms with Crippen LogP contribution >= 0.6 is 0 Å². The molecule has 44 heavy (non-hydrogen) atoms. The van der Waals surface area contributed by atoms with E-state index in [9.17, 15) is 9.90 Å². The first kappa shape index (κ1) is 27.7. The number of rotatable bonds is 6. The molecule has 1 unspecified atom stereocenters. The van der Waals surface area contributed by atoms with Gasteiger partial charge in [0.25, 0.3) is 0 Å². The third-order valence-electron chi connectivity index (χ3n) is 7.95. The summed E-state index contributed by atoms with van der Waals surface area (Å²) < 4.78 is 14.1. The molecule has 8 nitrogen and oxygen atoms in total. The van der Waals surface area contributed by atoms with Crippen LogP contribution in [-0.2, 0) is 16.0 Å². The van der Waals surface area contributed by atoms with Crippen LogP contribution in [0.1, 0.15) is 43.6 Å². The molecule has 0 radical (unpaired) electrons. The molecule has 0 fully saturated rings. The van der Waals surface area contributed by atoms with Crippen LogP contribution in [0.2, 0.25) is 0 Å². The molecule has 1 N–H and O–H groups in total. The number of ether oxygens (including phenoxy) is 2. The van der Waals surface area contributed by atoms with E-state index in [1.54, 1.807) is 6.20 Å². The number of pyridine rings is 3. The van der Waals surface area contributed by atoms with Gasteiger partial charge in [-0.25, -0.2) is 9.31 Å². The minimum Gasteiger partial charge on any atom is -0.493 e. The molecule has 0 amide bonds. The summed E-state index contributed by atoms with van der Waals surface area (Å²) in [4.78, 5) is 22.0. The highest BCUT2D eigenvalue weighted by atomic mass is 16.5. The number of carboxylic acid groups (broad SMARTS) is 1. The van der Waals surface area contributed by atoms with Crippen LogP contribution < -0.4 is 4.74 Å². The van der Waals surface area contributed by atoms with Gasteiger partial charge in [0.15, 0.2) is 6.10 Å². The topological polar surface area (TPSA) is 98.8 Å². The smallest absolute Gasteiger partial charge is 0.337 e. The van der Waals surface area contributed by atoms with Gasteiger partial charge in [-0.3, -0.25) is 9.97 Å². The predicted octanol–water partition coefficient (Wildman–Crippen LogP) is 7.46. The van der Waals surface area contributed by atoms with Crippen LogP contribution in [0.3, 0.4) is 0 Å². The molecule has 1 aliphatic heterocycles. The second kappa shape index (κ2) is 10.6. The monoisotopic (exact) mass is 584 g/mol. The van der Waals surface area contributed by atoms with E-state index in [0.29, 0.717) is 12.2 Å². The van der Waals surface area contributed by atoms with E-state index in [2.05, 4.69) is 11.1 Å². The Labute approximate surface area is 254 Å². The lowest BCUT2D eigenvalue weighted by Crippen LogP contribution is -2.28.